The van der Waals surface area contributed by atoms with E-state index in [1.165, 1.54) is 30.3 Å². The lowest BCUT2D eigenvalue weighted by Crippen LogP contribution is -2.39. The Morgan fingerprint density at radius 2 is 1.76 bits per heavy atom. The minimum absolute atomic E-state index is 0.0977. The van der Waals surface area contributed by atoms with Crippen LogP contribution in [-0.4, -0.2) is 49.0 Å². The second-order valence-electron chi connectivity index (χ2n) is 10.2. The number of halogens is 3. The number of carbonyl (C=O) groups is 1. The summed E-state index contributed by atoms with van der Waals surface area (Å²) in [6.45, 7) is 7.09. The lowest BCUT2D eigenvalue weighted by atomic mass is 9.88. The van der Waals surface area contributed by atoms with E-state index < -0.39 is 11.6 Å². The first-order valence-electron chi connectivity index (χ1n) is 12.6. The lowest BCUT2D eigenvalue weighted by molar-refractivity contribution is 0.0703. The van der Waals surface area contributed by atoms with Crippen molar-refractivity contribution in [1.82, 2.24) is 9.80 Å². The normalized spacial score (nSPS) is 17.8. The molecule has 1 aliphatic rings. The van der Waals surface area contributed by atoms with Gasteiger partial charge < -0.3 is 9.64 Å². The average molecular weight is 511 g/mol. The predicted octanol–water partition coefficient (Wildman–Crippen LogP) is 6.13. The van der Waals surface area contributed by atoms with Crippen LogP contribution in [0.25, 0.3) is 0 Å². The van der Waals surface area contributed by atoms with Crippen molar-refractivity contribution in [2.24, 2.45) is 11.8 Å². The van der Waals surface area contributed by atoms with E-state index in [1.807, 2.05) is 23.1 Å². The Kier molecular flexibility index (Phi) is 8.54. The van der Waals surface area contributed by atoms with Crippen molar-refractivity contribution in [1.29, 1.82) is 0 Å². The number of likely N-dealkylation sites (tertiary alicyclic amines) is 1. The summed E-state index contributed by atoms with van der Waals surface area (Å²) in [6.07, 6.45) is 0. The van der Waals surface area contributed by atoms with Crippen molar-refractivity contribution < 1.29 is 22.7 Å². The molecule has 7 heteroatoms. The van der Waals surface area contributed by atoms with Crippen molar-refractivity contribution in [3.63, 3.8) is 0 Å². The first-order valence-corrected chi connectivity index (χ1v) is 12.6. The summed E-state index contributed by atoms with van der Waals surface area (Å²) in [5.41, 5.74) is 2.26. The maximum absolute atomic E-state index is 13.8. The molecule has 4 nitrogen and oxygen atoms in total. The van der Waals surface area contributed by atoms with E-state index in [1.54, 1.807) is 13.2 Å². The first-order chi connectivity index (χ1) is 17.7. The molecule has 1 saturated heterocycles. The minimum atomic E-state index is -0.860. The van der Waals surface area contributed by atoms with Crippen LogP contribution >= 0.6 is 0 Å². The van der Waals surface area contributed by atoms with Crippen LogP contribution in [-0.2, 0) is 6.54 Å². The van der Waals surface area contributed by atoms with Gasteiger partial charge in [0.15, 0.2) is 11.6 Å². The standard InChI is InChI=1S/C30H33F3N2O2/c1-20(2)15-35(30(36)22-8-10-25(31)11-9-22)18-24-17-34(16-21-7-12-28(32)29(33)13-21)19-27(24)23-5-4-6-26(14-23)37-3/h4-14,20,24,27H,15-19H2,1-3H3. The molecule has 4 rings (SSSR count). The fourth-order valence-electron chi connectivity index (χ4n) is 5.16. The van der Waals surface area contributed by atoms with E-state index in [4.69, 9.17) is 4.74 Å². The van der Waals surface area contributed by atoms with Crippen LogP contribution in [0.15, 0.2) is 66.7 Å². The molecule has 37 heavy (non-hydrogen) atoms. The number of amides is 1. The topological polar surface area (TPSA) is 32.8 Å². The van der Waals surface area contributed by atoms with E-state index in [0.717, 1.165) is 17.4 Å². The molecule has 0 saturated carbocycles. The molecular formula is C30H33F3N2O2. The molecule has 0 aliphatic carbocycles. The molecule has 3 aromatic rings. The smallest absolute Gasteiger partial charge is 0.253 e. The van der Waals surface area contributed by atoms with Crippen molar-refractivity contribution in [3.8, 4) is 5.75 Å². The predicted molar refractivity (Wildman–Crippen MR) is 138 cm³/mol. The zero-order chi connectivity index (χ0) is 26.5. The van der Waals surface area contributed by atoms with Crippen LogP contribution in [0, 0.1) is 29.3 Å². The monoisotopic (exact) mass is 510 g/mol. The van der Waals surface area contributed by atoms with Gasteiger partial charge in [-0.2, -0.15) is 0 Å². The van der Waals surface area contributed by atoms with Crippen molar-refractivity contribution in [2.75, 3.05) is 33.3 Å². The summed E-state index contributed by atoms with van der Waals surface area (Å²) in [7, 11) is 1.63. The van der Waals surface area contributed by atoms with Crippen molar-refractivity contribution in [2.45, 2.75) is 26.3 Å². The number of benzene rings is 3. The Morgan fingerprint density at radius 3 is 2.43 bits per heavy atom. The summed E-state index contributed by atoms with van der Waals surface area (Å²) in [6, 6.07) is 17.6. The van der Waals surface area contributed by atoms with Crippen LogP contribution in [0.5, 0.6) is 5.75 Å². The van der Waals surface area contributed by atoms with Gasteiger partial charge in [-0.15, -0.1) is 0 Å². The molecule has 1 aliphatic heterocycles. The number of hydrogen-bond donors (Lipinski definition) is 0. The third-order valence-electron chi connectivity index (χ3n) is 6.85. The minimum Gasteiger partial charge on any atom is -0.497 e. The van der Waals surface area contributed by atoms with Crippen LogP contribution in [0.4, 0.5) is 13.2 Å². The number of rotatable bonds is 9. The quantitative estimate of drug-likeness (QED) is 0.347. The summed E-state index contributed by atoms with van der Waals surface area (Å²) >= 11 is 0. The molecule has 1 fully saturated rings. The van der Waals surface area contributed by atoms with E-state index >= 15 is 0 Å². The van der Waals surface area contributed by atoms with Gasteiger partial charge in [-0.05, 0) is 71.5 Å². The van der Waals surface area contributed by atoms with E-state index in [0.29, 0.717) is 43.9 Å². The summed E-state index contributed by atoms with van der Waals surface area (Å²) in [4.78, 5) is 17.5. The third kappa shape index (κ3) is 6.72. The largest absolute Gasteiger partial charge is 0.497 e. The highest BCUT2D eigenvalue weighted by molar-refractivity contribution is 5.94. The molecule has 1 heterocycles. The Hall–Kier alpha value is -3.32. The second-order valence-corrected chi connectivity index (χ2v) is 10.2. The molecule has 196 valence electrons. The van der Waals surface area contributed by atoms with Crippen LogP contribution < -0.4 is 4.74 Å². The fraction of sp³-hybridized carbons (Fsp3) is 0.367. The van der Waals surface area contributed by atoms with Gasteiger partial charge in [0.25, 0.3) is 5.91 Å². The lowest BCUT2D eigenvalue weighted by Gasteiger charge is -2.30. The van der Waals surface area contributed by atoms with Crippen molar-refractivity contribution in [3.05, 3.63) is 101 Å². The van der Waals surface area contributed by atoms with E-state index in [2.05, 4.69) is 24.8 Å². The van der Waals surface area contributed by atoms with Gasteiger partial charge in [-0.1, -0.05) is 32.0 Å². The molecule has 2 unspecified atom stereocenters. The Morgan fingerprint density at radius 1 is 1.00 bits per heavy atom. The molecular weight excluding hydrogens is 477 g/mol. The summed E-state index contributed by atoms with van der Waals surface area (Å²) in [5.74, 6) is -1.01. The van der Waals surface area contributed by atoms with Gasteiger partial charge in [0, 0.05) is 44.2 Å². The maximum Gasteiger partial charge on any atom is 0.253 e. The highest BCUT2D eigenvalue weighted by Crippen LogP contribution is 2.36. The molecule has 1 amide bonds. The van der Waals surface area contributed by atoms with Crippen LogP contribution in [0.3, 0.4) is 0 Å². The average Bonchev–Trinajstić information content (AvgIpc) is 3.27. The zero-order valence-electron chi connectivity index (χ0n) is 21.5. The van der Waals surface area contributed by atoms with Crippen LogP contribution in [0.1, 0.15) is 41.3 Å². The number of nitrogens with zero attached hydrogens (tertiary/aromatic N) is 2. The number of carbonyl (C=O) groups excluding carboxylic acids is 1. The van der Waals surface area contributed by atoms with Gasteiger partial charge >= 0.3 is 0 Å². The molecule has 0 bridgehead atoms. The summed E-state index contributed by atoms with van der Waals surface area (Å²) in [5, 5.41) is 0. The van der Waals surface area contributed by atoms with Gasteiger partial charge in [0.05, 0.1) is 7.11 Å². The van der Waals surface area contributed by atoms with Crippen LogP contribution in [0.2, 0.25) is 0 Å². The molecule has 0 N–H and O–H groups in total. The van der Waals surface area contributed by atoms with Gasteiger partial charge in [0.1, 0.15) is 11.6 Å². The molecule has 3 aromatic carbocycles. The third-order valence-corrected chi connectivity index (χ3v) is 6.85. The maximum atomic E-state index is 13.8. The van der Waals surface area contributed by atoms with E-state index in [-0.39, 0.29) is 29.5 Å². The molecule has 0 radical (unpaired) electrons. The number of methoxy groups -OCH3 is 1. The Bertz CT molecular complexity index is 1220. The Labute approximate surface area is 216 Å². The second kappa shape index (κ2) is 11.8. The van der Waals surface area contributed by atoms with Gasteiger partial charge in [-0.3, -0.25) is 9.69 Å². The Balaban J connectivity index is 1.60. The molecule has 0 aromatic heterocycles. The first kappa shape index (κ1) is 26.7. The zero-order valence-corrected chi connectivity index (χ0v) is 21.5. The van der Waals surface area contributed by atoms with Crippen molar-refractivity contribution >= 4 is 5.91 Å². The van der Waals surface area contributed by atoms with Gasteiger partial charge in [-0.25, -0.2) is 13.2 Å². The molecule has 2 atom stereocenters. The fourth-order valence-corrected chi connectivity index (χ4v) is 5.16. The highest BCUT2D eigenvalue weighted by atomic mass is 19.2. The summed E-state index contributed by atoms with van der Waals surface area (Å²) < 4.78 is 46.2. The highest BCUT2D eigenvalue weighted by Gasteiger charge is 2.36. The van der Waals surface area contributed by atoms with Gasteiger partial charge in [0.2, 0.25) is 0 Å². The SMILES string of the molecule is COc1cccc(C2CN(Cc3ccc(F)c(F)c3)CC2CN(CC(C)C)C(=O)c2ccc(F)cc2)c1. The van der Waals surface area contributed by atoms with E-state index in [9.17, 15) is 18.0 Å². The number of hydrogen-bond acceptors (Lipinski definition) is 3. The number of ether oxygens (including phenoxy) is 1. The molecule has 0 spiro atoms.